The van der Waals surface area contributed by atoms with Crippen LogP contribution in [0.2, 0.25) is 0 Å². The van der Waals surface area contributed by atoms with Crippen molar-refractivity contribution in [3.05, 3.63) is 28.7 Å². The molecule has 1 fully saturated rings. The zero-order valence-corrected chi connectivity index (χ0v) is 13.2. The Kier molecular flexibility index (Phi) is 5.76. The number of hydrogen-bond donors (Lipinski definition) is 3. The topological polar surface area (TPSA) is 78.4 Å². The Morgan fingerprint density at radius 3 is 2.76 bits per heavy atom. The van der Waals surface area contributed by atoms with Gasteiger partial charge >= 0.3 is 5.97 Å². The predicted molar refractivity (Wildman–Crippen MR) is 84.2 cm³/mol. The van der Waals surface area contributed by atoms with Crippen molar-refractivity contribution in [2.75, 3.05) is 11.9 Å². The minimum absolute atomic E-state index is 0.102. The van der Waals surface area contributed by atoms with Crippen LogP contribution < -0.4 is 10.6 Å². The largest absolute Gasteiger partial charge is 0.481 e. The Labute approximate surface area is 132 Å². The number of rotatable bonds is 5. The highest BCUT2D eigenvalue weighted by molar-refractivity contribution is 9.10. The summed E-state index contributed by atoms with van der Waals surface area (Å²) in [6.07, 6.45) is 3.14. The SMILES string of the molecule is O=C(CNC1CCCC(C(=O)O)C1)Nc1ccccc1Br. The highest BCUT2D eigenvalue weighted by atomic mass is 79.9. The molecular weight excluding hydrogens is 336 g/mol. The molecule has 1 aromatic rings. The van der Waals surface area contributed by atoms with Crippen LogP contribution >= 0.6 is 15.9 Å². The van der Waals surface area contributed by atoms with Crippen LogP contribution in [0.5, 0.6) is 0 Å². The molecule has 6 heteroatoms. The number of carbonyl (C=O) groups is 2. The molecule has 0 radical (unpaired) electrons. The molecule has 0 aliphatic heterocycles. The van der Waals surface area contributed by atoms with Crippen molar-refractivity contribution in [2.24, 2.45) is 5.92 Å². The quantitative estimate of drug-likeness (QED) is 0.759. The summed E-state index contributed by atoms with van der Waals surface area (Å²) in [5, 5.41) is 15.0. The number of halogens is 1. The Morgan fingerprint density at radius 2 is 2.05 bits per heavy atom. The minimum atomic E-state index is -0.737. The van der Waals surface area contributed by atoms with Gasteiger partial charge in [-0.25, -0.2) is 0 Å². The second-order valence-corrected chi connectivity index (χ2v) is 6.16. The number of para-hydroxylation sites is 1. The van der Waals surface area contributed by atoms with Crippen molar-refractivity contribution in [1.29, 1.82) is 0 Å². The molecule has 114 valence electrons. The second-order valence-electron chi connectivity index (χ2n) is 5.31. The fraction of sp³-hybridized carbons (Fsp3) is 0.467. The van der Waals surface area contributed by atoms with E-state index in [-0.39, 0.29) is 24.4 Å². The zero-order valence-electron chi connectivity index (χ0n) is 11.6. The van der Waals surface area contributed by atoms with E-state index in [0.29, 0.717) is 6.42 Å². The number of amides is 1. The predicted octanol–water partition coefficient (Wildman–Crippen LogP) is 2.62. The van der Waals surface area contributed by atoms with E-state index >= 15 is 0 Å². The van der Waals surface area contributed by atoms with Gasteiger partial charge in [-0.15, -0.1) is 0 Å². The van der Waals surface area contributed by atoms with E-state index in [9.17, 15) is 9.59 Å². The lowest BCUT2D eigenvalue weighted by Crippen LogP contribution is -2.40. The van der Waals surface area contributed by atoms with Crippen LogP contribution in [0.1, 0.15) is 25.7 Å². The van der Waals surface area contributed by atoms with Crippen LogP contribution in [0.4, 0.5) is 5.69 Å². The molecule has 3 N–H and O–H groups in total. The Morgan fingerprint density at radius 1 is 1.29 bits per heavy atom. The summed E-state index contributed by atoms with van der Waals surface area (Å²) >= 11 is 3.38. The van der Waals surface area contributed by atoms with E-state index in [1.807, 2.05) is 24.3 Å². The maximum absolute atomic E-state index is 11.9. The van der Waals surface area contributed by atoms with E-state index in [2.05, 4.69) is 26.6 Å². The minimum Gasteiger partial charge on any atom is -0.481 e. The van der Waals surface area contributed by atoms with Crippen LogP contribution in [-0.2, 0) is 9.59 Å². The van der Waals surface area contributed by atoms with Crippen LogP contribution in [0.3, 0.4) is 0 Å². The number of nitrogens with one attached hydrogen (secondary N) is 2. The lowest BCUT2D eigenvalue weighted by Gasteiger charge is -2.27. The van der Waals surface area contributed by atoms with Crippen LogP contribution in [0.25, 0.3) is 0 Å². The van der Waals surface area contributed by atoms with Crippen molar-refractivity contribution in [3.8, 4) is 0 Å². The molecule has 5 nitrogen and oxygen atoms in total. The van der Waals surface area contributed by atoms with E-state index in [1.165, 1.54) is 0 Å². The third-order valence-corrected chi connectivity index (χ3v) is 4.41. The molecule has 0 heterocycles. The maximum Gasteiger partial charge on any atom is 0.306 e. The van der Waals surface area contributed by atoms with Gasteiger partial charge in [0, 0.05) is 10.5 Å². The third-order valence-electron chi connectivity index (χ3n) is 3.72. The summed E-state index contributed by atoms with van der Waals surface area (Å²) in [6.45, 7) is 0.193. The summed E-state index contributed by atoms with van der Waals surface area (Å²) in [5.41, 5.74) is 0.733. The van der Waals surface area contributed by atoms with Crippen LogP contribution in [0, 0.1) is 5.92 Å². The molecule has 0 aromatic heterocycles. The van der Waals surface area contributed by atoms with Gasteiger partial charge in [0.15, 0.2) is 0 Å². The van der Waals surface area contributed by atoms with Gasteiger partial charge in [-0.2, -0.15) is 0 Å². The van der Waals surface area contributed by atoms with Gasteiger partial charge in [0.2, 0.25) is 5.91 Å². The number of hydrogen-bond acceptors (Lipinski definition) is 3. The number of carboxylic acids is 1. The summed E-state index contributed by atoms with van der Waals surface area (Å²) in [4.78, 5) is 22.9. The van der Waals surface area contributed by atoms with Crippen molar-refractivity contribution >= 4 is 33.5 Å². The number of carboxylic acid groups (broad SMARTS) is 1. The first-order valence-corrected chi connectivity index (χ1v) is 7.86. The molecule has 1 aromatic carbocycles. The van der Waals surface area contributed by atoms with Gasteiger partial charge in [0.25, 0.3) is 0 Å². The maximum atomic E-state index is 11.9. The summed E-state index contributed by atoms with van der Waals surface area (Å²) in [7, 11) is 0. The van der Waals surface area contributed by atoms with Crippen molar-refractivity contribution in [3.63, 3.8) is 0 Å². The van der Waals surface area contributed by atoms with E-state index in [0.717, 1.165) is 29.4 Å². The summed E-state index contributed by atoms with van der Waals surface area (Å²) in [5.74, 6) is -1.15. The molecule has 0 saturated heterocycles. The van der Waals surface area contributed by atoms with E-state index < -0.39 is 5.97 Å². The average Bonchev–Trinajstić information content (AvgIpc) is 2.48. The van der Waals surface area contributed by atoms with Gasteiger partial charge in [0.05, 0.1) is 18.2 Å². The first kappa shape index (κ1) is 16.0. The number of aliphatic carboxylic acids is 1. The van der Waals surface area contributed by atoms with Crippen LogP contribution in [-0.4, -0.2) is 29.6 Å². The first-order chi connectivity index (χ1) is 10.1. The Balaban J connectivity index is 1.79. The highest BCUT2D eigenvalue weighted by Gasteiger charge is 2.26. The molecule has 0 bridgehead atoms. The lowest BCUT2D eigenvalue weighted by molar-refractivity contribution is -0.143. The lowest BCUT2D eigenvalue weighted by atomic mass is 9.86. The smallest absolute Gasteiger partial charge is 0.306 e. The molecule has 1 saturated carbocycles. The van der Waals surface area contributed by atoms with Gasteiger partial charge in [0.1, 0.15) is 0 Å². The molecule has 1 aliphatic rings. The molecule has 2 rings (SSSR count). The molecule has 1 amide bonds. The van der Waals surface area contributed by atoms with Crippen molar-refractivity contribution in [1.82, 2.24) is 5.32 Å². The highest BCUT2D eigenvalue weighted by Crippen LogP contribution is 2.24. The number of benzene rings is 1. The molecule has 0 spiro atoms. The van der Waals surface area contributed by atoms with E-state index in [1.54, 1.807) is 0 Å². The normalized spacial score (nSPS) is 21.8. The Bertz CT molecular complexity index is 521. The molecular formula is C15H19BrN2O3. The fourth-order valence-corrected chi connectivity index (χ4v) is 2.98. The first-order valence-electron chi connectivity index (χ1n) is 7.07. The summed E-state index contributed by atoms with van der Waals surface area (Å²) in [6, 6.07) is 7.52. The van der Waals surface area contributed by atoms with Gasteiger partial charge in [-0.05, 0) is 47.3 Å². The molecule has 2 unspecified atom stereocenters. The second kappa shape index (κ2) is 7.56. The number of anilines is 1. The standard InChI is InChI=1S/C15H19BrN2O3/c16-12-6-1-2-7-13(12)18-14(19)9-17-11-5-3-4-10(8-11)15(20)21/h1-2,6-7,10-11,17H,3-5,8-9H2,(H,18,19)(H,20,21). The Hall–Kier alpha value is -1.40. The van der Waals surface area contributed by atoms with Crippen LogP contribution in [0.15, 0.2) is 28.7 Å². The summed E-state index contributed by atoms with van der Waals surface area (Å²) < 4.78 is 0.835. The third kappa shape index (κ3) is 4.82. The fourth-order valence-electron chi connectivity index (χ4n) is 2.59. The van der Waals surface area contributed by atoms with Gasteiger partial charge < -0.3 is 15.7 Å². The van der Waals surface area contributed by atoms with Gasteiger partial charge in [-0.1, -0.05) is 18.6 Å². The molecule has 2 atom stereocenters. The van der Waals surface area contributed by atoms with Gasteiger partial charge in [-0.3, -0.25) is 9.59 Å². The average molecular weight is 355 g/mol. The monoisotopic (exact) mass is 354 g/mol. The van der Waals surface area contributed by atoms with E-state index in [4.69, 9.17) is 5.11 Å². The zero-order chi connectivity index (χ0) is 15.2. The van der Waals surface area contributed by atoms with Crippen molar-refractivity contribution in [2.45, 2.75) is 31.7 Å². The number of carbonyl (C=O) groups excluding carboxylic acids is 1. The molecule has 21 heavy (non-hydrogen) atoms. The molecule has 1 aliphatic carbocycles. The van der Waals surface area contributed by atoms with Crippen molar-refractivity contribution < 1.29 is 14.7 Å².